The fourth-order valence-electron chi connectivity index (χ4n) is 2.47. The van der Waals surface area contributed by atoms with E-state index in [0.717, 1.165) is 22.6 Å². The van der Waals surface area contributed by atoms with Gasteiger partial charge in [-0.05, 0) is 43.3 Å². The predicted molar refractivity (Wildman–Crippen MR) is 103 cm³/mol. The van der Waals surface area contributed by atoms with E-state index in [4.69, 9.17) is 0 Å². The van der Waals surface area contributed by atoms with E-state index in [1.165, 1.54) is 6.92 Å². The maximum Gasteiger partial charge on any atom is 0.226 e. The molecule has 0 spiro atoms. The lowest BCUT2D eigenvalue weighted by Gasteiger charge is -2.22. The van der Waals surface area contributed by atoms with E-state index in [-0.39, 0.29) is 18.2 Å². The Morgan fingerprint density at radius 1 is 0.920 bits per heavy atom. The predicted octanol–water partition coefficient (Wildman–Crippen LogP) is 3.44. The minimum Gasteiger partial charge on any atom is -0.378 e. The summed E-state index contributed by atoms with van der Waals surface area (Å²) in [6.07, 6.45) is 0.239. The van der Waals surface area contributed by atoms with E-state index in [2.05, 4.69) is 5.32 Å². The van der Waals surface area contributed by atoms with Crippen LogP contribution in [0.15, 0.2) is 48.5 Å². The van der Waals surface area contributed by atoms with Crippen LogP contribution >= 0.6 is 0 Å². The first kappa shape index (κ1) is 18.5. The number of rotatable bonds is 6. The second-order valence-electron chi connectivity index (χ2n) is 6.25. The second kappa shape index (κ2) is 8.33. The van der Waals surface area contributed by atoms with Crippen LogP contribution in [0.3, 0.4) is 0 Å². The summed E-state index contributed by atoms with van der Waals surface area (Å²) in [5, 5.41) is 2.86. The van der Waals surface area contributed by atoms with Crippen LogP contribution < -0.4 is 15.1 Å². The summed E-state index contributed by atoms with van der Waals surface area (Å²) in [5.74, 6) is -0.194. The van der Waals surface area contributed by atoms with Crippen molar-refractivity contribution in [2.24, 2.45) is 0 Å². The molecular weight excluding hydrogens is 314 g/mol. The average molecular weight is 339 g/mol. The monoisotopic (exact) mass is 339 g/mol. The van der Waals surface area contributed by atoms with Gasteiger partial charge in [0.15, 0.2) is 0 Å². The highest BCUT2D eigenvalue weighted by Gasteiger charge is 2.14. The Balaban J connectivity index is 1.98. The number of carbonyl (C=O) groups is 2. The van der Waals surface area contributed by atoms with E-state index < -0.39 is 0 Å². The Labute approximate surface area is 149 Å². The van der Waals surface area contributed by atoms with Gasteiger partial charge in [0.1, 0.15) is 0 Å². The van der Waals surface area contributed by atoms with Crippen molar-refractivity contribution in [1.29, 1.82) is 0 Å². The first-order valence-corrected chi connectivity index (χ1v) is 8.29. The van der Waals surface area contributed by atoms with Crippen molar-refractivity contribution in [1.82, 2.24) is 0 Å². The van der Waals surface area contributed by atoms with Crippen LogP contribution in [0.5, 0.6) is 0 Å². The summed E-state index contributed by atoms with van der Waals surface area (Å²) in [6.45, 7) is 3.85. The molecule has 25 heavy (non-hydrogen) atoms. The number of hydrogen-bond donors (Lipinski definition) is 1. The number of anilines is 3. The number of nitrogens with zero attached hydrogens (tertiary/aromatic N) is 2. The molecule has 0 heterocycles. The third kappa shape index (κ3) is 5.35. The van der Waals surface area contributed by atoms with Crippen LogP contribution in [0.2, 0.25) is 0 Å². The van der Waals surface area contributed by atoms with Gasteiger partial charge in [-0.3, -0.25) is 9.59 Å². The SMILES string of the molecule is CC(=O)N(CCC(=O)Nc1ccc(C)cc1)c1ccc(N(C)C)cc1. The lowest BCUT2D eigenvalue weighted by Crippen LogP contribution is -2.32. The van der Waals surface area contributed by atoms with Crippen LogP contribution in [0.1, 0.15) is 18.9 Å². The number of hydrogen-bond acceptors (Lipinski definition) is 3. The van der Waals surface area contributed by atoms with Crippen molar-refractivity contribution < 1.29 is 9.59 Å². The van der Waals surface area contributed by atoms with Gasteiger partial charge in [0.05, 0.1) is 0 Å². The molecule has 0 aliphatic carbocycles. The van der Waals surface area contributed by atoms with Gasteiger partial charge in [-0.2, -0.15) is 0 Å². The summed E-state index contributed by atoms with van der Waals surface area (Å²) < 4.78 is 0. The van der Waals surface area contributed by atoms with Crippen molar-refractivity contribution in [3.05, 3.63) is 54.1 Å². The molecule has 5 nitrogen and oxygen atoms in total. The highest BCUT2D eigenvalue weighted by molar-refractivity contribution is 5.94. The number of nitrogens with one attached hydrogen (secondary N) is 1. The number of aryl methyl sites for hydroxylation is 1. The minimum atomic E-state index is -0.111. The molecule has 0 aromatic heterocycles. The summed E-state index contributed by atoms with van der Waals surface area (Å²) in [5.41, 5.74) is 3.76. The quantitative estimate of drug-likeness (QED) is 0.877. The van der Waals surface area contributed by atoms with Gasteiger partial charge in [-0.15, -0.1) is 0 Å². The number of carbonyl (C=O) groups excluding carboxylic acids is 2. The lowest BCUT2D eigenvalue weighted by atomic mass is 10.2. The van der Waals surface area contributed by atoms with E-state index in [0.29, 0.717) is 6.54 Å². The van der Waals surface area contributed by atoms with Crippen molar-refractivity contribution >= 4 is 28.9 Å². The summed E-state index contributed by atoms with van der Waals surface area (Å²) in [7, 11) is 3.93. The molecule has 2 aromatic rings. The van der Waals surface area contributed by atoms with Gasteiger partial charge in [0.2, 0.25) is 11.8 Å². The Bertz CT molecular complexity index is 722. The number of amides is 2. The maximum absolute atomic E-state index is 12.1. The highest BCUT2D eigenvalue weighted by Crippen LogP contribution is 2.20. The van der Waals surface area contributed by atoms with Gasteiger partial charge in [-0.1, -0.05) is 17.7 Å². The maximum atomic E-state index is 12.1. The lowest BCUT2D eigenvalue weighted by molar-refractivity contribution is -0.117. The topological polar surface area (TPSA) is 52.7 Å². The molecule has 132 valence electrons. The Morgan fingerprint density at radius 3 is 2.00 bits per heavy atom. The van der Waals surface area contributed by atoms with Gasteiger partial charge in [-0.25, -0.2) is 0 Å². The summed E-state index contributed by atoms with van der Waals surface area (Å²) >= 11 is 0. The van der Waals surface area contributed by atoms with Gasteiger partial charge >= 0.3 is 0 Å². The zero-order chi connectivity index (χ0) is 18.4. The molecular formula is C20H25N3O2. The normalized spacial score (nSPS) is 10.2. The van der Waals surface area contributed by atoms with Crippen LogP contribution in [0, 0.1) is 6.92 Å². The zero-order valence-electron chi connectivity index (χ0n) is 15.2. The Kier molecular flexibility index (Phi) is 6.17. The van der Waals surface area contributed by atoms with E-state index in [1.54, 1.807) is 4.90 Å². The minimum absolute atomic E-state index is 0.0826. The fourth-order valence-corrected chi connectivity index (χ4v) is 2.47. The van der Waals surface area contributed by atoms with Crippen molar-refractivity contribution in [3.8, 4) is 0 Å². The molecule has 2 amide bonds. The molecule has 0 unspecified atom stereocenters. The van der Waals surface area contributed by atoms with E-state index in [1.807, 2.05) is 74.4 Å². The van der Waals surface area contributed by atoms with Crippen LogP contribution in [-0.4, -0.2) is 32.5 Å². The standard InChI is InChI=1S/C20H25N3O2/c1-15-5-7-17(8-6-15)21-20(25)13-14-23(16(2)24)19-11-9-18(10-12-19)22(3)4/h5-12H,13-14H2,1-4H3,(H,21,25). The second-order valence-corrected chi connectivity index (χ2v) is 6.25. The van der Waals surface area contributed by atoms with Gasteiger partial charge in [0.25, 0.3) is 0 Å². The largest absolute Gasteiger partial charge is 0.378 e. The van der Waals surface area contributed by atoms with E-state index in [9.17, 15) is 9.59 Å². The smallest absolute Gasteiger partial charge is 0.226 e. The first-order chi connectivity index (χ1) is 11.9. The summed E-state index contributed by atoms with van der Waals surface area (Å²) in [6, 6.07) is 15.3. The van der Waals surface area contributed by atoms with Gasteiger partial charge < -0.3 is 15.1 Å². The van der Waals surface area contributed by atoms with Crippen molar-refractivity contribution in [2.75, 3.05) is 35.8 Å². The molecule has 0 fully saturated rings. The molecule has 0 saturated heterocycles. The molecule has 0 atom stereocenters. The zero-order valence-corrected chi connectivity index (χ0v) is 15.2. The van der Waals surface area contributed by atoms with Gasteiger partial charge in [0, 0.05) is 51.0 Å². The van der Waals surface area contributed by atoms with Crippen molar-refractivity contribution in [3.63, 3.8) is 0 Å². The molecule has 0 bridgehead atoms. The average Bonchev–Trinajstić information content (AvgIpc) is 2.57. The molecule has 0 aliphatic rings. The first-order valence-electron chi connectivity index (χ1n) is 8.29. The highest BCUT2D eigenvalue weighted by atomic mass is 16.2. The molecule has 1 N–H and O–H groups in total. The molecule has 5 heteroatoms. The molecule has 0 saturated carbocycles. The van der Waals surface area contributed by atoms with Crippen LogP contribution in [-0.2, 0) is 9.59 Å². The molecule has 0 aliphatic heterocycles. The van der Waals surface area contributed by atoms with E-state index >= 15 is 0 Å². The fraction of sp³-hybridized carbons (Fsp3) is 0.300. The number of benzene rings is 2. The third-order valence-electron chi connectivity index (χ3n) is 3.96. The molecule has 2 aromatic carbocycles. The van der Waals surface area contributed by atoms with Crippen molar-refractivity contribution in [2.45, 2.75) is 20.3 Å². The Morgan fingerprint density at radius 2 is 1.48 bits per heavy atom. The summed E-state index contributed by atoms with van der Waals surface area (Å²) in [4.78, 5) is 27.7. The molecule has 2 rings (SSSR count). The molecule has 0 radical (unpaired) electrons. The van der Waals surface area contributed by atoms with Crippen LogP contribution in [0.25, 0.3) is 0 Å². The van der Waals surface area contributed by atoms with Crippen LogP contribution in [0.4, 0.5) is 17.1 Å². The Hall–Kier alpha value is -2.82. The third-order valence-corrected chi connectivity index (χ3v) is 3.96.